The molecule has 1 saturated heterocycles. The maximum Gasteiger partial charge on any atom is 0.130 e. The molecule has 0 saturated carbocycles. The van der Waals surface area contributed by atoms with Crippen LogP contribution in [0, 0.1) is 6.92 Å². The number of pyridine rings is 1. The van der Waals surface area contributed by atoms with Gasteiger partial charge in [-0.3, -0.25) is 0 Å². The van der Waals surface area contributed by atoms with Crippen molar-refractivity contribution in [2.45, 2.75) is 36.5 Å². The number of halogens is 1. The molecule has 0 atom stereocenters. The van der Waals surface area contributed by atoms with Gasteiger partial charge >= 0.3 is 0 Å². The fraction of sp³-hybridized carbons (Fsp3) is 0.421. The summed E-state index contributed by atoms with van der Waals surface area (Å²) in [5.41, 5.74) is 2.89. The number of benzene rings is 1. The summed E-state index contributed by atoms with van der Waals surface area (Å²) in [6.07, 6.45) is 3.61. The van der Waals surface area contributed by atoms with E-state index in [0.717, 1.165) is 18.0 Å². The highest BCUT2D eigenvalue weighted by Crippen LogP contribution is 2.29. The molecule has 1 aromatic heterocycles. The SMILES string of the molecule is Cc1ccccc1CCN1CCC(Sc2cccc(Cl)n2)CC1. The Hall–Kier alpha value is -1.03. The molecule has 0 bridgehead atoms. The zero-order chi connectivity index (χ0) is 16.1. The minimum Gasteiger partial charge on any atom is -0.303 e. The van der Waals surface area contributed by atoms with Crippen molar-refractivity contribution >= 4 is 23.4 Å². The van der Waals surface area contributed by atoms with Crippen LogP contribution in [-0.2, 0) is 6.42 Å². The largest absolute Gasteiger partial charge is 0.303 e. The van der Waals surface area contributed by atoms with Gasteiger partial charge in [-0.15, -0.1) is 11.8 Å². The molecule has 0 spiro atoms. The summed E-state index contributed by atoms with van der Waals surface area (Å²) in [4.78, 5) is 6.98. The van der Waals surface area contributed by atoms with E-state index in [1.807, 2.05) is 23.9 Å². The van der Waals surface area contributed by atoms with Crippen LogP contribution >= 0.6 is 23.4 Å². The van der Waals surface area contributed by atoms with Gasteiger partial charge in [0, 0.05) is 11.8 Å². The van der Waals surface area contributed by atoms with Crippen LogP contribution in [0.25, 0.3) is 0 Å². The minimum absolute atomic E-state index is 0.589. The highest BCUT2D eigenvalue weighted by molar-refractivity contribution is 7.99. The first-order valence-corrected chi connectivity index (χ1v) is 9.52. The molecule has 0 radical (unpaired) electrons. The van der Waals surface area contributed by atoms with Gasteiger partial charge in [0.1, 0.15) is 5.15 Å². The summed E-state index contributed by atoms with van der Waals surface area (Å²) in [7, 11) is 0. The maximum absolute atomic E-state index is 5.97. The van der Waals surface area contributed by atoms with E-state index in [4.69, 9.17) is 11.6 Å². The van der Waals surface area contributed by atoms with Crippen molar-refractivity contribution in [1.29, 1.82) is 0 Å². The number of rotatable bonds is 5. The van der Waals surface area contributed by atoms with E-state index < -0.39 is 0 Å². The topological polar surface area (TPSA) is 16.1 Å². The minimum atomic E-state index is 0.589. The second kappa shape index (κ2) is 8.18. The van der Waals surface area contributed by atoms with Crippen molar-refractivity contribution < 1.29 is 0 Å². The first kappa shape index (κ1) is 16.8. The number of aryl methyl sites for hydroxylation is 1. The molecule has 1 fully saturated rings. The van der Waals surface area contributed by atoms with Crippen molar-refractivity contribution in [1.82, 2.24) is 9.88 Å². The van der Waals surface area contributed by atoms with Crippen molar-refractivity contribution in [3.63, 3.8) is 0 Å². The first-order chi connectivity index (χ1) is 11.2. The Morgan fingerprint density at radius 2 is 1.91 bits per heavy atom. The van der Waals surface area contributed by atoms with E-state index in [0.29, 0.717) is 10.4 Å². The fourth-order valence-electron chi connectivity index (χ4n) is 3.05. The molecule has 2 aromatic rings. The molecule has 1 aromatic carbocycles. The number of nitrogens with zero attached hydrogens (tertiary/aromatic N) is 2. The van der Waals surface area contributed by atoms with E-state index in [-0.39, 0.29) is 0 Å². The lowest BCUT2D eigenvalue weighted by atomic mass is 10.0. The molecule has 2 nitrogen and oxygen atoms in total. The van der Waals surface area contributed by atoms with Crippen molar-refractivity contribution in [3.8, 4) is 0 Å². The summed E-state index contributed by atoms with van der Waals surface area (Å²) in [6.45, 7) is 5.74. The molecule has 3 rings (SSSR count). The zero-order valence-electron chi connectivity index (χ0n) is 13.5. The standard InChI is InChI=1S/C19H23ClN2S/c1-15-5-2-3-6-16(15)9-12-22-13-10-17(11-14-22)23-19-8-4-7-18(20)21-19/h2-8,17H,9-14H2,1H3. The molecule has 0 aliphatic carbocycles. The lowest BCUT2D eigenvalue weighted by Crippen LogP contribution is -2.36. The lowest BCUT2D eigenvalue weighted by molar-refractivity contribution is 0.235. The molecule has 2 heterocycles. The average Bonchev–Trinajstić information content (AvgIpc) is 2.56. The Kier molecular flexibility index (Phi) is 5.98. The van der Waals surface area contributed by atoms with Crippen LogP contribution < -0.4 is 0 Å². The molecule has 1 aliphatic rings. The van der Waals surface area contributed by atoms with E-state index in [1.165, 1.54) is 37.1 Å². The maximum atomic E-state index is 5.97. The second-order valence-electron chi connectivity index (χ2n) is 6.13. The second-order valence-corrected chi connectivity index (χ2v) is 7.84. The molecule has 0 N–H and O–H groups in total. The number of hydrogen-bond donors (Lipinski definition) is 0. The highest BCUT2D eigenvalue weighted by atomic mass is 35.5. The summed E-state index contributed by atoms with van der Waals surface area (Å²) >= 11 is 7.84. The lowest BCUT2D eigenvalue weighted by Gasteiger charge is -2.31. The van der Waals surface area contributed by atoms with Crippen LogP contribution in [-0.4, -0.2) is 34.8 Å². The molecule has 122 valence electrons. The van der Waals surface area contributed by atoms with Crippen LogP contribution in [0.4, 0.5) is 0 Å². The third-order valence-electron chi connectivity index (χ3n) is 4.47. The van der Waals surface area contributed by atoms with Crippen LogP contribution in [0.2, 0.25) is 5.15 Å². The van der Waals surface area contributed by atoms with Crippen LogP contribution in [0.15, 0.2) is 47.5 Å². The molecule has 4 heteroatoms. The predicted octanol–water partition coefficient (Wildman–Crippen LogP) is 4.84. The molecule has 1 aliphatic heterocycles. The Labute approximate surface area is 148 Å². The van der Waals surface area contributed by atoms with E-state index in [1.54, 1.807) is 0 Å². The van der Waals surface area contributed by atoms with Gasteiger partial charge in [0.05, 0.1) is 5.03 Å². The van der Waals surface area contributed by atoms with E-state index in [9.17, 15) is 0 Å². The molecule has 0 unspecified atom stereocenters. The Morgan fingerprint density at radius 3 is 2.65 bits per heavy atom. The van der Waals surface area contributed by atoms with Gasteiger partial charge in [0.25, 0.3) is 0 Å². The van der Waals surface area contributed by atoms with Crippen LogP contribution in [0.5, 0.6) is 0 Å². The smallest absolute Gasteiger partial charge is 0.130 e. The third-order valence-corrected chi connectivity index (χ3v) is 5.95. The Balaban J connectivity index is 1.44. The van der Waals surface area contributed by atoms with Gasteiger partial charge in [-0.2, -0.15) is 0 Å². The number of thioether (sulfide) groups is 1. The monoisotopic (exact) mass is 346 g/mol. The highest BCUT2D eigenvalue weighted by Gasteiger charge is 2.20. The van der Waals surface area contributed by atoms with Crippen LogP contribution in [0.1, 0.15) is 24.0 Å². The normalized spacial score (nSPS) is 16.6. The summed E-state index contributed by atoms with van der Waals surface area (Å²) in [5.74, 6) is 0. The third kappa shape index (κ3) is 4.97. The van der Waals surface area contributed by atoms with E-state index in [2.05, 4.69) is 47.1 Å². The van der Waals surface area contributed by atoms with Crippen molar-refractivity contribution in [2.75, 3.05) is 19.6 Å². The summed E-state index contributed by atoms with van der Waals surface area (Å²) in [6, 6.07) is 14.6. The average molecular weight is 347 g/mol. The molecular formula is C19H23ClN2S. The zero-order valence-corrected chi connectivity index (χ0v) is 15.1. The van der Waals surface area contributed by atoms with Crippen molar-refractivity contribution in [3.05, 3.63) is 58.7 Å². The van der Waals surface area contributed by atoms with Gasteiger partial charge < -0.3 is 4.90 Å². The number of aromatic nitrogens is 1. The Morgan fingerprint density at radius 1 is 1.13 bits per heavy atom. The van der Waals surface area contributed by atoms with Gasteiger partial charge in [0.2, 0.25) is 0 Å². The number of likely N-dealkylation sites (tertiary alicyclic amines) is 1. The van der Waals surface area contributed by atoms with Gasteiger partial charge in [-0.1, -0.05) is 41.9 Å². The quantitative estimate of drug-likeness (QED) is 0.720. The van der Waals surface area contributed by atoms with Gasteiger partial charge in [-0.05, 0) is 62.5 Å². The van der Waals surface area contributed by atoms with Gasteiger partial charge in [-0.25, -0.2) is 4.98 Å². The van der Waals surface area contributed by atoms with Crippen molar-refractivity contribution in [2.24, 2.45) is 0 Å². The summed E-state index contributed by atoms with van der Waals surface area (Å²) < 4.78 is 0. The molecular weight excluding hydrogens is 324 g/mol. The summed E-state index contributed by atoms with van der Waals surface area (Å²) in [5, 5.41) is 2.30. The fourth-order valence-corrected chi connectivity index (χ4v) is 4.36. The number of piperidine rings is 1. The molecule has 0 amide bonds. The van der Waals surface area contributed by atoms with E-state index >= 15 is 0 Å². The number of hydrogen-bond acceptors (Lipinski definition) is 3. The van der Waals surface area contributed by atoms with Gasteiger partial charge in [0.15, 0.2) is 0 Å². The van der Waals surface area contributed by atoms with Crippen LogP contribution in [0.3, 0.4) is 0 Å². The predicted molar refractivity (Wildman–Crippen MR) is 99.4 cm³/mol. The Bertz CT molecular complexity index is 639. The first-order valence-electron chi connectivity index (χ1n) is 8.27. The molecule has 23 heavy (non-hydrogen) atoms.